The van der Waals surface area contributed by atoms with Gasteiger partial charge in [-0.3, -0.25) is 0 Å². The van der Waals surface area contributed by atoms with Gasteiger partial charge in [0.2, 0.25) is 0 Å². The fourth-order valence-corrected chi connectivity index (χ4v) is 2.40. The molecule has 0 aliphatic rings. The van der Waals surface area contributed by atoms with E-state index in [-0.39, 0.29) is 11.7 Å². The minimum atomic E-state index is -0.455. The molecular formula is C18H15F2N. The van der Waals surface area contributed by atoms with Gasteiger partial charge in [0.05, 0.1) is 5.69 Å². The van der Waals surface area contributed by atoms with Crippen molar-refractivity contribution in [2.45, 2.75) is 13.0 Å². The lowest BCUT2D eigenvalue weighted by Crippen LogP contribution is -2.08. The lowest BCUT2D eigenvalue weighted by atomic mass is 10.0. The number of fused-ring (bicyclic) bond motifs is 1. The van der Waals surface area contributed by atoms with Crippen LogP contribution >= 0.6 is 0 Å². The third kappa shape index (κ3) is 2.87. The molecule has 21 heavy (non-hydrogen) atoms. The van der Waals surface area contributed by atoms with Gasteiger partial charge in [-0.2, -0.15) is 0 Å². The quantitative estimate of drug-likeness (QED) is 0.688. The highest BCUT2D eigenvalue weighted by molar-refractivity contribution is 5.83. The molecule has 0 aliphatic carbocycles. The highest BCUT2D eigenvalue weighted by atomic mass is 19.1. The summed E-state index contributed by atoms with van der Waals surface area (Å²) >= 11 is 0. The summed E-state index contributed by atoms with van der Waals surface area (Å²) in [6.45, 7) is 1.93. The van der Waals surface area contributed by atoms with Crippen LogP contribution in [0.15, 0.2) is 60.7 Å². The maximum atomic E-state index is 13.7. The summed E-state index contributed by atoms with van der Waals surface area (Å²) in [6, 6.07) is 17.4. The van der Waals surface area contributed by atoms with Crippen molar-refractivity contribution >= 4 is 16.5 Å². The van der Waals surface area contributed by atoms with Crippen LogP contribution in [-0.4, -0.2) is 0 Å². The van der Waals surface area contributed by atoms with Crippen LogP contribution in [0.25, 0.3) is 10.8 Å². The zero-order valence-corrected chi connectivity index (χ0v) is 11.6. The van der Waals surface area contributed by atoms with E-state index in [1.54, 1.807) is 0 Å². The molecule has 0 saturated heterocycles. The standard InChI is InChI=1S/C18H15F2N/c1-12(21-18-11-16(19)8-9-17(18)20)14-7-6-13-4-2-3-5-15(13)10-14/h2-12,21H,1H3. The number of anilines is 1. The van der Waals surface area contributed by atoms with Gasteiger partial charge in [-0.15, -0.1) is 0 Å². The highest BCUT2D eigenvalue weighted by Crippen LogP contribution is 2.25. The minimum absolute atomic E-state index is 0.120. The summed E-state index contributed by atoms with van der Waals surface area (Å²) in [5.74, 6) is -0.909. The van der Waals surface area contributed by atoms with Crippen LogP contribution in [-0.2, 0) is 0 Å². The Morgan fingerprint density at radius 1 is 0.857 bits per heavy atom. The van der Waals surface area contributed by atoms with Gasteiger partial charge in [0, 0.05) is 6.04 Å². The summed E-state index contributed by atoms with van der Waals surface area (Å²) in [5, 5.41) is 5.30. The van der Waals surface area contributed by atoms with E-state index in [1.165, 1.54) is 6.07 Å². The lowest BCUT2D eigenvalue weighted by molar-refractivity contribution is 0.600. The molecule has 0 spiro atoms. The van der Waals surface area contributed by atoms with Crippen molar-refractivity contribution < 1.29 is 8.78 Å². The molecule has 3 aromatic rings. The monoisotopic (exact) mass is 283 g/mol. The number of halogens is 2. The Bertz CT molecular complexity index is 783. The normalized spacial score (nSPS) is 12.3. The molecule has 1 nitrogen and oxygen atoms in total. The average Bonchev–Trinajstić information content (AvgIpc) is 2.50. The Labute approximate surface area is 122 Å². The Hall–Kier alpha value is -2.42. The Morgan fingerprint density at radius 3 is 2.43 bits per heavy atom. The second-order valence-corrected chi connectivity index (χ2v) is 5.10. The van der Waals surface area contributed by atoms with Crippen LogP contribution in [0.5, 0.6) is 0 Å². The largest absolute Gasteiger partial charge is 0.376 e. The molecule has 3 rings (SSSR count). The molecule has 1 unspecified atom stereocenters. The molecule has 0 saturated carbocycles. The molecule has 0 heterocycles. The van der Waals surface area contributed by atoms with Crippen molar-refractivity contribution in [2.24, 2.45) is 0 Å². The number of rotatable bonds is 3. The minimum Gasteiger partial charge on any atom is -0.376 e. The summed E-state index contributed by atoms with van der Waals surface area (Å²) in [6.07, 6.45) is 0. The molecular weight excluding hydrogens is 268 g/mol. The smallest absolute Gasteiger partial charge is 0.146 e. The van der Waals surface area contributed by atoms with Crippen molar-refractivity contribution in [3.05, 3.63) is 77.9 Å². The predicted octanol–water partition coefficient (Wildman–Crippen LogP) is 5.29. The first-order valence-corrected chi connectivity index (χ1v) is 6.84. The van der Waals surface area contributed by atoms with E-state index in [0.29, 0.717) is 0 Å². The molecule has 0 aliphatic heterocycles. The molecule has 106 valence electrons. The van der Waals surface area contributed by atoms with Crippen molar-refractivity contribution in [1.82, 2.24) is 0 Å². The molecule has 3 heteroatoms. The van der Waals surface area contributed by atoms with E-state index >= 15 is 0 Å². The van der Waals surface area contributed by atoms with Gasteiger partial charge in [-0.05, 0) is 47.5 Å². The van der Waals surface area contributed by atoms with Gasteiger partial charge >= 0.3 is 0 Å². The van der Waals surface area contributed by atoms with E-state index in [1.807, 2.05) is 43.3 Å². The van der Waals surface area contributed by atoms with Crippen LogP contribution in [0, 0.1) is 11.6 Å². The molecule has 0 amide bonds. The Kier molecular flexibility index (Phi) is 3.57. The molecule has 0 aromatic heterocycles. The van der Waals surface area contributed by atoms with Crippen LogP contribution in [0.3, 0.4) is 0 Å². The zero-order valence-electron chi connectivity index (χ0n) is 11.6. The Balaban J connectivity index is 1.89. The van der Waals surface area contributed by atoms with Crippen molar-refractivity contribution in [2.75, 3.05) is 5.32 Å². The first-order chi connectivity index (χ1) is 10.1. The predicted molar refractivity (Wildman–Crippen MR) is 82.3 cm³/mol. The van der Waals surface area contributed by atoms with Gasteiger partial charge in [-0.1, -0.05) is 36.4 Å². The molecule has 0 fully saturated rings. The van der Waals surface area contributed by atoms with E-state index in [4.69, 9.17) is 0 Å². The lowest BCUT2D eigenvalue weighted by Gasteiger charge is -2.17. The molecule has 3 aromatic carbocycles. The van der Waals surface area contributed by atoms with Gasteiger partial charge in [-0.25, -0.2) is 8.78 Å². The van der Waals surface area contributed by atoms with Gasteiger partial charge in [0.25, 0.3) is 0 Å². The van der Waals surface area contributed by atoms with Crippen molar-refractivity contribution in [3.8, 4) is 0 Å². The van der Waals surface area contributed by atoms with E-state index in [2.05, 4.69) is 11.4 Å². The number of benzene rings is 3. The molecule has 0 bridgehead atoms. The van der Waals surface area contributed by atoms with Crippen LogP contribution in [0.1, 0.15) is 18.5 Å². The van der Waals surface area contributed by atoms with E-state index in [9.17, 15) is 8.78 Å². The van der Waals surface area contributed by atoms with Crippen LogP contribution in [0.4, 0.5) is 14.5 Å². The number of hydrogen-bond acceptors (Lipinski definition) is 1. The fourth-order valence-electron chi connectivity index (χ4n) is 2.40. The number of nitrogens with one attached hydrogen (secondary N) is 1. The average molecular weight is 283 g/mol. The maximum absolute atomic E-state index is 13.7. The summed E-state index contributed by atoms with van der Waals surface area (Å²) in [5.41, 5.74) is 1.20. The summed E-state index contributed by atoms with van der Waals surface area (Å²) in [7, 11) is 0. The topological polar surface area (TPSA) is 12.0 Å². The van der Waals surface area contributed by atoms with Gasteiger partial charge in [0.15, 0.2) is 0 Å². The second kappa shape index (κ2) is 5.52. The van der Waals surface area contributed by atoms with E-state index in [0.717, 1.165) is 28.5 Å². The highest BCUT2D eigenvalue weighted by Gasteiger charge is 2.10. The first kappa shape index (κ1) is 13.6. The summed E-state index contributed by atoms with van der Waals surface area (Å²) < 4.78 is 26.9. The molecule has 0 radical (unpaired) electrons. The fraction of sp³-hybridized carbons (Fsp3) is 0.111. The third-order valence-corrected chi connectivity index (χ3v) is 3.57. The molecule has 1 N–H and O–H groups in total. The van der Waals surface area contributed by atoms with Gasteiger partial charge in [0.1, 0.15) is 11.6 Å². The summed E-state index contributed by atoms with van der Waals surface area (Å²) in [4.78, 5) is 0. The van der Waals surface area contributed by atoms with Crippen LogP contribution < -0.4 is 5.32 Å². The van der Waals surface area contributed by atoms with Crippen LogP contribution in [0.2, 0.25) is 0 Å². The molecule has 1 atom stereocenters. The second-order valence-electron chi connectivity index (χ2n) is 5.10. The number of hydrogen-bond donors (Lipinski definition) is 1. The van der Waals surface area contributed by atoms with Crippen molar-refractivity contribution in [1.29, 1.82) is 0 Å². The maximum Gasteiger partial charge on any atom is 0.146 e. The third-order valence-electron chi connectivity index (χ3n) is 3.57. The first-order valence-electron chi connectivity index (χ1n) is 6.84. The Morgan fingerprint density at radius 2 is 1.62 bits per heavy atom. The van der Waals surface area contributed by atoms with Gasteiger partial charge < -0.3 is 5.32 Å². The van der Waals surface area contributed by atoms with E-state index < -0.39 is 11.6 Å². The van der Waals surface area contributed by atoms with Crippen molar-refractivity contribution in [3.63, 3.8) is 0 Å². The zero-order chi connectivity index (χ0) is 14.8. The SMILES string of the molecule is CC(Nc1cc(F)ccc1F)c1ccc2ccccc2c1.